The third-order valence-electron chi connectivity index (χ3n) is 1.49. The maximum Gasteiger partial charge on any atom is 0.0570 e. The molecule has 1 rings (SSSR count). The second-order valence-electron chi connectivity index (χ2n) is 2.33. The normalized spacial score (nSPS) is 16.6. The van der Waals surface area contributed by atoms with E-state index in [1.807, 2.05) is 0 Å². The Morgan fingerprint density at radius 3 is 2.89 bits per heavy atom. The number of hydrogen-bond donors (Lipinski definition) is 0. The van der Waals surface area contributed by atoms with Crippen LogP contribution in [0.15, 0.2) is 12.3 Å². The lowest BCUT2D eigenvalue weighted by atomic mass is 10.4. The molecule has 0 unspecified atom stereocenters. The van der Waals surface area contributed by atoms with E-state index in [0.29, 0.717) is 0 Å². The fourth-order valence-electron chi connectivity index (χ4n) is 0.822. The summed E-state index contributed by atoms with van der Waals surface area (Å²) in [7, 11) is 1.73. The summed E-state index contributed by atoms with van der Waals surface area (Å²) >= 11 is 0. The first-order chi connectivity index (χ1) is 4.34. The summed E-state index contributed by atoms with van der Waals surface area (Å²) in [5.41, 5.74) is 1.27. The molecule has 1 aliphatic rings. The van der Waals surface area contributed by atoms with Crippen molar-refractivity contribution in [1.29, 1.82) is 0 Å². The van der Waals surface area contributed by atoms with Gasteiger partial charge in [0.2, 0.25) is 0 Å². The van der Waals surface area contributed by atoms with Gasteiger partial charge in [-0.15, -0.1) is 0 Å². The lowest BCUT2D eigenvalue weighted by molar-refractivity contribution is 0.190. The Kier molecular flexibility index (Phi) is 2.11. The molecule has 0 spiro atoms. The zero-order valence-corrected chi connectivity index (χ0v) is 5.89. The van der Waals surface area contributed by atoms with E-state index >= 15 is 0 Å². The third kappa shape index (κ3) is 2.06. The molecule has 2 nitrogen and oxygen atoms in total. The molecular formula is C7H13NO. The molecule has 0 aromatic rings. The largest absolute Gasteiger partial charge is 0.385 e. The molecule has 52 valence electrons. The Hall–Kier alpha value is -0.500. The summed E-state index contributed by atoms with van der Waals surface area (Å²) in [6, 6.07) is 0. The zero-order chi connectivity index (χ0) is 6.69. The molecule has 1 saturated heterocycles. The summed E-state index contributed by atoms with van der Waals surface area (Å²) in [5.74, 6) is 0. The highest BCUT2D eigenvalue weighted by Crippen LogP contribution is 2.18. The summed E-state index contributed by atoms with van der Waals surface area (Å²) in [6.07, 6.45) is 1.12. The van der Waals surface area contributed by atoms with E-state index in [2.05, 4.69) is 11.5 Å². The Labute approximate surface area is 56.1 Å². The van der Waals surface area contributed by atoms with Gasteiger partial charge in [0.15, 0.2) is 0 Å². The lowest BCUT2D eigenvalue weighted by Gasteiger charge is -1.98. The van der Waals surface area contributed by atoms with Gasteiger partial charge >= 0.3 is 0 Å². The van der Waals surface area contributed by atoms with Crippen molar-refractivity contribution < 1.29 is 4.74 Å². The summed E-state index contributed by atoms with van der Waals surface area (Å²) in [4.78, 5) is 2.25. The fraction of sp³-hybridized carbons (Fsp3) is 0.714. The van der Waals surface area contributed by atoms with Crippen molar-refractivity contribution in [1.82, 2.24) is 4.90 Å². The quantitative estimate of drug-likeness (QED) is 0.410. The van der Waals surface area contributed by atoms with Gasteiger partial charge < -0.3 is 9.64 Å². The minimum absolute atomic E-state index is 0.865. The van der Waals surface area contributed by atoms with Crippen molar-refractivity contribution in [2.45, 2.75) is 6.42 Å². The third-order valence-corrected chi connectivity index (χ3v) is 1.49. The van der Waals surface area contributed by atoms with Gasteiger partial charge in [-0.1, -0.05) is 6.58 Å². The first-order valence-electron chi connectivity index (χ1n) is 3.26. The lowest BCUT2D eigenvalue weighted by Crippen LogP contribution is -2.01. The van der Waals surface area contributed by atoms with Gasteiger partial charge in [0, 0.05) is 26.0 Å². The number of rotatable bonds is 4. The van der Waals surface area contributed by atoms with Crippen molar-refractivity contribution in [3.63, 3.8) is 0 Å². The summed E-state index contributed by atoms with van der Waals surface area (Å²) in [6.45, 7) is 6.90. The molecule has 0 bridgehead atoms. The van der Waals surface area contributed by atoms with Gasteiger partial charge in [-0.3, -0.25) is 0 Å². The first-order valence-corrected chi connectivity index (χ1v) is 3.26. The predicted octanol–water partition coefficient (Wildman–Crippen LogP) is 0.852. The maximum atomic E-state index is 4.90. The van der Waals surface area contributed by atoms with Gasteiger partial charge in [-0.25, -0.2) is 0 Å². The van der Waals surface area contributed by atoms with Gasteiger partial charge in [0.1, 0.15) is 0 Å². The monoisotopic (exact) mass is 127 g/mol. The van der Waals surface area contributed by atoms with Crippen molar-refractivity contribution in [3.8, 4) is 0 Å². The first kappa shape index (κ1) is 6.62. The van der Waals surface area contributed by atoms with Crippen LogP contribution in [0.3, 0.4) is 0 Å². The van der Waals surface area contributed by atoms with Crippen LogP contribution in [0.1, 0.15) is 6.42 Å². The number of hydrogen-bond acceptors (Lipinski definition) is 2. The molecule has 2 heteroatoms. The van der Waals surface area contributed by atoms with E-state index in [0.717, 1.165) is 26.1 Å². The number of methoxy groups -OCH3 is 1. The Morgan fingerprint density at radius 2 is 2.44 bits per heavy atom. The molecule has 9 heavy (non-hydrogen) atoms. The van der Waals surface area contributed by atoms with Crippen LogP contribution < -0.4 is 0 Å². The molecule has 0 aromatic heterocycles. The molecular weight excluding hydrogens is 114 g/mol. The minimum Gasteiger partial charge on any atom is -0.385 e. The fourth-order valence-corrected chi connectivity index (χ4v) is 0.822. The van der Waals surface area contributed by atoms with Crippen LogP contribution in [-0.2, 0) is 4.74 Å². The van der Waals surface area contributed by atoms with Crippen molar-refractivity contribution in [3.05, 3.63) is 12.3 Å². The van der Waals surface area contributed by atoms with Crippen LogP contribution in [-0.4, -0.2) is 31.7 Å². The molecule has 0 aliphatic carbocycles. The Morgan fingerprint density at radius 1 is 1.78 bits per heavy atom. The molecule has 1 aliphatic heterocycles. The highest BCUT2D eigenvalue weighted by atomic mass is 16.5. The molecule has 0 amide bonds. The highest BCUT2D eigenvalue weighted by Gasteiger charge is 2.20. The van der Waals surface area contributed by atoms with Crippen LogP contribution in [0.4, 0.5) is 0 Å². The molecule has 0 aromatic carbocycles. The van der Waals surface area contributed by atoms with E-state index in [4.69, 9.17) is 4.74 Å². The summed E-state index contributed by atoms with van der Waals surface area (Å²) in [5, 5.41) is 0. The van der Waals surface area contributed by atoms with Crippen molar-refractivity contribution in [2.75, 3.05) is 26.8 Å². The standard InChI is InChI=1S/C7H13NO/c1-7-6-8(7)4-3-5-9-2/h1,3-6H2,2H3. The van der Waals surface area contributed by atoms with E-state index < -0.39 is 0 Å². The molecule has 1 heterocycles. The molecule has 0 N–H and O–H groups in total. The van der Waals surface area contributed by atoms with Gasteiger partial charge in [0.25, 0.3) is 0 Å². The number of nitrogens with zero attached hydrogens (tertiary/aromatic N) is 1. The van der Waals surface area contributed by atoms with E-state index in [1.54, 1.807) is 7.11 Å². The maximum absolute atomic E-state index is 4.90. The van der Waals surface area contributed by atoms with Crippen LogP contribution in [0.25, 0.3) is 0 Å². The average Bonchev–Trinajstić information content (AvgIpc) is 2.48. The zero-order valence-electron chi connectivity index (χ0n) is 5.89. The Bertz CT molecular complexity index is 111. The Balaban J connectivity index is 1.88. The van der Waals surface area contributed by atoms with Crippen LogP contribution in [0.5, 0.6) is 0 Å². The summed E-state index contributed by atoms with van der Waals surface area (Å²) < 4.78 is 4.90. The van der Waals surface area contributed by atoms with Crippen molar-refractivity contribution >= 4 is 0 Å². The van der Waals surface area contributed by atoms with Crippen molar-refractivity contribution in [2.24, 2.45) is 0 Å². The van der Waals surface area contributed by atoms with E-state index in [1.165, 1.54) is 5.70 Å². The molecule has 0 radical (unpaired) electrons. The van der Waals surface area contributed by atoms with Gasteiger partial charge in [0.05, 0.1) is 6.54 Å². The average molecular weight is 127 g/mol. The molecule has 1 fully saturated rings. The van der Waals surface area contributed by atoms with E-state index in [9.17, 15) is 0 Å². The van der Waals surface area contributed by atoms with Crippen LogP contribution in [0.2, 0.25) is 0 Å². The second kappa shape index (κ2) is 2.87. The predicted molar refractivity (Wildman–Crippen MR) is 37.2 cm³/mol. The molecule has 0 atom stereocenters. The molecule has 0 saturated carbocycles. The van der Waals surface area contributed by atoms with Gasteiger partial charge in [-0.2, -0.15) is 0 Å². The van der Waals surface area contributed by atoms with Gasteiger partial charge in [-0.05, 0) is 6.42 Å². The minimum atomic E-state index is 0.865. The van der Waals surface area contributed by atoms with E-state index in [-0.39, 0.29) is 0 Å². The second-order valence-corrected chi connectivity index (χ2v) is 2.33. The number of ether oxygens (including phenoxy) is 1. The highest BCUT2D eigenvalue weighted by molar-refractivity contribution is 5.12. The van der Waals surface area contributed by atoms with Crippen LogP contribution in [0, 0.1) is 0 Å². The van der Waals surface area contributed by atoms with Crippen LogP contribution >= 0.6 is 0 Å². The topological polar surface area (TPSA) is 12.2 Å². The smallest absolute Gasteiger partial charge is 0.0570 e. The SMILES string of the molecule is C=C1CN1CCCOC.